The molecule has 0 aromatic heterocycles. The first kappa shape index (κ1) is 13.3. The van der Waals surface area contributed by atoms with Crippen LogP contribution in [0.15, 0.2) is 0 Å². The molecule has 2 aliphatic heterocycles. The Morgan fingerprint density at radius 2 is 2.12 bits per heavy atom. The van der Waals surface area contributed by atoms with E-state index >= 15 is 0 Å². The van der Waals surface area contributed by atoms with Crippen molar-refractivity contribution in [1.82, 2.24) is 9.80 Å². The van der Waals surface area contributed by atoms with Gasteiger partial charge in [-0.25, -0.2) is 0 Å². The molecule has 0 amide bonds. The van der Waals surface area contributed by atoms with Crippen LogP contribution in [-0.4, -0.2) is 68.8 Å². The molecule has 3 atom stereocenters. The summed E-state index contributed by atoms with van der Waals surface area (Å²) < 4.78 is 5.83. The largest absolute Gasteiger partial charge is 0.374 e. The van der Waals surface area contributed by atoms with Crippen LogP contribution in [0.2, 0.25) is 0 Å². The minimum Gasteiger partial charge on any atom is -0.374 e. The Morgan fingerprint density at radius 1 is 1.29 bits per heavy atom. The fourth-order valence-corrected chi connectivity index (χ4v) is 3.06. The number of ether oxygens (including phenoxy) is 1. The summed E-state index contributed by atoms with van der Waals surface area (Å²) in [6, 6.07) is 0. The summed E-state index contributed by atoms with van der Waals surface area (Å²) in [5.74, 6) is 1.45. The maximum atomic E-state index is 5.83. The van der Waals surface area contributed by atoms with Gasteiger partial charge in [0.05, 0.1) is 12.7 Å². The molecule has 0 saturated carbocycles. The first-order chi connectivity index (χ1) is 8.19. The monoisotopic (exact) mass is 241 g/mol. The van der Waals surface area contributed by atoms with E-state index < -0.39 is 0 Å². The van der Waals surface area contributed by atoms with Crippen LogP contribution in [0.3, 0.4) is 0 Å². The van der Waals surface area contributed by atoms with E-state index in [9.17, 15) is 0 Å². The zero-order valence-corrected chi connectivity index (χ0v) is 11.3. The van der Waals surface area contributed by atoms with Crippen molar-refractivity contribution in [2.75, 3.05) is 52.9 Å². The van der Waals surface area contributed by atoms with Crippen molar-refractivity contribution in [3.05, 3.63) is 0 Å². The first-order valence-corrected chi connectivity index (χ1v) is 6.91. The van der Waals surface area contributed by atoms with E-state index in [1.54, 1.807) is 0 Å². The molecule has 4 nitrogen and oxygen atoms in total. The number of hydrogen-bond donors (Lipinski definition) is 1. The zero-order valence-electron chi connectivity index (χ0n) is 11.3. The quantitative estimate of drug-likeness (QED) is 0.768. The molecule has 100 valence electrons. The lowest BCUT2D eigenvalue weighted by atomic mass is 9.87. The summed E-state index contributed by atoms with van der Waals surface area (Å²) >= 11 is 0. The Labute approximate surface area is 105 Å². The second-order valence-electron chi connectivity index (χ2n) is 5.78. The lowest BCUT2D eigenvalue weighted by Gasteiger charge is -2.39. The van der Waals surface area contributed by atoms with Crippen molar-refractivity contribution in [3.8, 4) is 0 Å². The number of morpholine rings is 1. The summed E-state index contributed by atoms with van der Waals surface area (Å²) in [7, 11) is 2.18. The number of likely N-dealkylation sites (tertiary alicyclic amines) is 1. The molecule has 2 saturated heterocycles. The topological polar surface area (TPSA) is 41.7 Å². The molecule has 2 rings (SSSR count). The highest BCUT2D eigenvalue weighted by Crippen LogP contribution is 2.22. The molecule has 0 aliphatic carbocycles. The molecule has 0 spiro atoms. The van der Waals surface area contributed by atoms with Gasteiger partial charge in [-0.15, -0.1) is 0 Å². The minimum atomic E-state index is 0.398. The number of rotatable bonds is 3. The van der Waals surface area contributed by atoms with Crippen LogP contribution in [0.25, 0.3) is 0 Å². The van der Waals surface area contributed by atoms with Crippen LogP contribution in [0, 0.1) is 11.8 Å². The van der Waals surface area contributed by atoms with Gasteiger partial charge < -0.3 is 20.3 Å². The predicted molar refractivity (Wildman–Crippen MR) is 70.0 cm³/mol. The lowest BCUT2D eigenvalue weighted by molar-refractivity contribution is -0.0427. The third kappa shape index (κ3) is 3.65. The van der Waals surface area contributed by atoms with Crippen LogP contribution in [0.4, 0.5) is 0 Å². The van der Waals surface area contributed by atoms with Crippen LogP contribution in [0.5, 0.6) is 0 Å². The highest BCUT2D eigenvalue weighted by molar-refractivity contribution is 4.81. The molecule has 0 aromatic rings. The Kier molecular flexibility index (Phi) is 4.79. The van der Waals surface area contributed by atoms with Gasteiger partial charge in [-0.05, 0) is 38.4 Å². The van der Waals surface area contributed by atoms with Gasteiger partial charge in [0.15, 0.2) is 0 Å². The van der Waals surface area contributed by atoms with Gasteiger partial charge in [0.2, 0.25) is 0 Å². The summed E-state index contributed by atoms with van der Waals surface area (Å²) in [5, 5.41) is 0. The van der Waals surface area contributed by atoms with E-state index in [4.69, 9.17) is 10.5 Å². The SMILES string of the molecule is CC1CN(CC2CN(C)CCO2)CCC1CN. The van der Waals surface area contributed by atoms with Crippen molar-refractivity contribution in [2.24, 2.45) is 17.6 Å². The lowest BCUT2D eigenvalue weighted by Crippen LogP contribution is -2.49. The average molecular weight is 241 g/mol. The fourth-order valence-electron chi connectivity index (χ4n) is 3.06. The molecule has 2 aliphatic rings. The molecule has 4 heteroatoms. The maximum Gasteiger partial charge on any atom is 0.0829 e. The van der Waals surface area contributed by atoms with Gasteiger partial charge in [-0.1, -0.05) is 6.92 Å². The molecular formula is C13H27N3O. The van der Waals surface area contributed by atoms with Crippen molar-refractivity contribution in [1.29, 1.82) is 0 Å². The number of likely N-dealkylation sites (N-methyl/N-ethyl adjacent to an activating group) is 1. The van der Waals surface area contributed by atoms with Crippen LogP contribution in [-0.2, 0) is 4.74 Å². The molecule has 2 N–H and O–H groups in total. The summed E-state index contributed by atoms with van der Waals surface area (Å²) in [6.07, 6.45) is 1.65. The number of hydrogen-bond acceptors (Lipinski definition) is 4. The molecule has 2 heterocycles. The first-order valence-electron chi connectivity index (χ1n) is 6.91. The van der Waals surface area contributed by atoms with E-state index in [0.717, 1.165) is 44.6 Å². The molecule has 3 unspecified atom stereocenters. The van der Waals surface area contributed by atoms with Gasteiger partial charge in [0.25, 0.3) is 0 Å². The number of nitrogens with zero attached hydrogens (tertiary/aromatic N) is 2. The normalized spacial score (nSPS) is 37.2. The highest BCUT2D eigenvalue weighted by atomic mass is 16.5. The Hall–Kier alpha value is -0.160. The van der Waals surface area contributed by atoms with Crippen LogP contribution < -0.4 is 5.73 Å². The van der Waals surface area contributed by atoms with E-state index in [-0.39, 0.29) is 0 Å². The van der Waals surface area contributed by atoms with Gasteiger partial charge in [0.1, 0.15) is 0 Å². The van der Waals surface area contributed by atoms with Crippen molar-refractivity contribution in [3.63, 3.8) is 0 Å². The van der Waals surface area contributed by atoms with Gasteiger partial charge in [-0.3, -0.25) is 0 Å². The number of nitrogens with two attached hydrogens (primary N) is 1. The van der Waals surface area contributed by atoms with Gasteiger partial charge in [0, 0.05) is 26.2 Å². The molecule has 0 bridgehead atoms. The zero-order chi connectivity index (χ0) is 12.3. The Morgan fingerprint density at radius 3 is 2.76 bits per heavy atom. The summed E-state index contributed by atoms with van der Waals surface area (Å²) in [4.78, 5) is 4.92. The van der Waals surface area contributed by atoms with E-state index in [0.29, 0.717) is 6.10 Å². The Bertz CT molecular complexity index is 237. The van der Waals surface area contributed by atoms with Crippen LogP contribution >= 0.6 is 0 Å². The minimum absolute atomic E-state index is 0.398. The van der Waals surface area contributed by atoms with Crippen molar-refractivity contribution >= 4 is 0 Å². The third-order valence-corrected chi connectivity index (χ3v) is 4.27. The van der Waals surface area contributed by atoms with Gasteiger partial charge >= 0.3 is 0 Å². The molecule has 17 heavy (non-hydrogen) atoms. The van der Waals surface area contributed by atoms with Gasteiger partial charge in [-0.2, -0.15) is 0 Å². The predicted octanol–water partition coefficient (Wildman–Crippen LogP) is 0.234. The van der Waals surface area contributed by atoms with E-state index in [2.05, 4.69) is 23.8 Å². The summed E-state index contributed by atoms with van der Waals surface area (Å²) in [6.45, 7) is 9.67. The highest BCUT2D eigenvalue weighted by Gasteiger charge is 2.27. The molecular weight excluding hydrogens is 214 g/mol. The summed E-state index contributed by atoms with van der Waals surface area (Å²) in [5.41, 5.74) is 5.79. The fraction of sp³-hybridized carbons (Fsp3) is 1.00. The Balaban J connectivity index is 1.76. The van der Waals surface area contributed by atoms with Crippen LogP contribution in [0.1, 0.15) is 13.3 Å². The van der Waals surface area contributed by atoms with E-state index in [1.165, 1.54) is 19.5 Å². The maximum absolute atomic E-state index is 5.83. The van der Waals surface area contributed by atoms with Crippen molar-refractivity contribution < 1.29 is 4.74 Å². The average Bonchev–Trinajstić information content (AvgIpc) is 2.29. The second-order valence-corrected chi connectivity index (χ2v) is 5.78. The third-order valence-electron chi connectivity index (χ3n) is 4.27. The standard InChI is InChI=1S/C13H27N3O/c1-11-8-16(4-3-12(11)7-14)10-13-9-15(2)5-6-17-13/h11-13H,3-10,14H2,1-2H3. The second kappa shape index (κ2) is 6.14. The molecule has 0 aromatic carbocycles. The number of piperidine rings is 1. The van der Waals surface area contributed by atoms with E-state index in [1.807, 2.05) is 0 Å². The smallest absolute Gasteiger partial charge is 0.0829 e. The molecule has 2 fully saturated rings. The molecule has 0 radical (unpaired) electrons. The van der Waals surface area contributed by atoms with Crippen molar-refractivity contribution in [2.45, 2.75) is 19.4 Å².